The van der Waals surface area contributed by atoms with Gasteiger partial charge in [-0.15, -0.1) is 0 Å². The summed E-state index contributed by atoms with van der Waals surface area (Å²) in [6.07, 6.45) is 6.59. The molecule has 1 heterocycles. The molecule has 1 aromatic heterocycles. The lowest BCUT2D eigenvalue weighted by atomic mass is 10.1. The molecule has 1 unspecified atom stereocenters. The number of imidazole rings is 1. The number of hydrogen-bond donors (Lipinski definition) is 1. The maximum atomic E-state index is 5.87. The minimum Gasteiger partial charge on any atom is -0.333 e. The number of aromatic nitrogens is 2. The highest BCUT2D eigenvalue weighted by Crippen LogP contribution is 2.37. The van der Waals surface area contributed by atoms with E-state index in [4.69, 9.17) is 5.73 Å². The van der Waals surface area contributed by atoms with Gasteiger partial charge in [0.15, 0.2) is 0 Å². The Morgan fingerprint density at radius 1 is 1.57 bits per heavy atom. The second-order valence-electron chi connectivity index (χ2n) is 4.57. The molecule has 2 rings (SSSR count). The number of nitrogens with zero attached hydrogens (tertiary/aromatic N) is 2. The first-order chi connectivity index (χ1) is 6.68. The second kappa shape index (κ2) is 3.73. The van der Waals surface area contributed by atoms with Gasteiger partial charge in [0.25, 0.3) is 0 Å². The Balaban J connectivity index is 2.03. The van der Waals surface area contributed by atoms with E-state index in [1.54, 1.807) is 0 Å². The highest BCUT2D eigenvalue weighted by Gasteiger charge is 2.28. The van der Waals surface area contributed by atoms with Crippen LogP contribution in [0.3, 0.4) is 0 Å². The third kappa shape index (κ3) is 1.98. The van der Waals surface area contributed by atoms with Crippen molar-refractivity contribution in [3.63, 3.8) is 0 Å². The molecule has 0 aliphatic heterocycles. The average molecular weight is 193 g/mol. The molecule has 0 saturated heterocycles. The van der Waals surface area contributed by atoms with Gasteiger partial charge in [-0.2, -0.15) is 0 Å². The summed E-state index contributed by atoms with van der Waals surface area (Å²) < 4.78 is 2.20. The number of hydrogen-bond acceptors (Lipinski definition) is 2. The van der Waals surface area contributed by atoms with Gasteiger partial charge in [0, 0.05) is 18.8 Å². The molecule has 1 fully saturated rings. The highest BCUT2D eigenvalue weighted by molar-refractivity contribution is 5.03. The predicted molar refractivity (Wildman–Crippen MR) is 56.7 cm³/mol. The monoisotopic (exact) mass is 193 g/mol. The first-order valence-electron chi connectivity index (χ1n) is 5.44. The van der Waals surface area contributed by atoms with Crippen molar-refractivity contribution >= 4 is 0 Å². The third-order valence-electron chi connectivity index (χ3n) is 3.12. The second-order valence-corrected chi connectivity index (χ2v) is 4.57. The van der Waals surface area contributed by atoms with E-state index in [0.717, 1.165) is 24.1 Å². The quantitative estimate of drug-likeness (QED) is 0.794. The van der Waals surface area contributed by atoms with Crippen LogP contribution < -0.4 is 5.73 Å². The molecule has 3 heteroatoms. The molecule has 0 aromatic carbocycles. The summed E-state index contributed by atoms with van der Waals surface area (Å²) in [6, 6.07) is 0.0869. The van der Waals surface area contributed by atoms with Crippen LogP contribution in [-0.4, -0.2) is 9.55 Å². The van der Waals surface area contributed by atoms with Crippen LogP contribution in [0.15, 0.2) is 12.5 Å². The van der Waals surface area contributed by atoms with Crippen molar-refractivity contribution in [1.29, 1.82) is 0 Å². The fraction of sp³-hybridized carbons (Fsp3) is 0.727. The van der Waals surface area contributed by atoms with E-state index < -0.39 is 0 Å². The van der Waals surface area contributed by atoms with Crippen LogP contribution in [0.25, 0.3) is 0 Å². The maximum absolute atomic E-state index is 5.87. The van der Waals surface area contributed by atoms with Crippen LogP contribution in [0.2, 0.25) is 0 Å². The van der Waals surface area contributed by atoms with Gasteiger partial charge in [-0.3, -0.25) is 0 Å². The van der Waals surface area contributed by atoms with Gasteiger partial charge in [-0.05, 0) is 31.6 Å². The van der Waals surface area contributed by atoms with Gasteiger partial charge >= 0.3 is 0 Å². The maximum Gasteiger partial charge on any atom is 0.0948 e. The van der Waals surface area contributed by atoms with Crippen LogP contribution >= 0.6 is 0 Å². The van der Waals surface area contributed by atoms with Crippen molar-refractivity contribution in [2.75, 3.05) is 0 Å². The molecule has 14 heavy (non-hydrogen) atoms. The zero-order valence-corrected chi connectivity index (χ0v) is 8.98. The molecule has 2 atom stereocenters. The SMILES string of the molecule is CC(Cn1cncc1[C@H](C)N)C1CC1. The fourth-order valence-corrected chi connectivity index (χ4v) is 1.99. The minimum atomic E-state index is 0.0869. The summed E-state index contributed by atoms with van der Waals surface area (Å²) in [5, 5.41) is 0. The number of rotatable bonds is 4. The van der Waals surface area contributed by atoms with Gasteiger partial charge in [-0.25, -0.2) is 4.98 Å². The average Bonchev–Trinajstić information content (AvgIpc) is 2.87. The summed E-state index contributed by atoms with van der Waals surface area (Å²) in [5.74, 6) is 1.71. The summed E-state index contributed by atoms with van der Waals surface area (Å²) in [5.41, 5.74) is 7.02. The lowest BCUT2D eigenvalue weighted by Gasteiger charge is -2.15. The van der Waals surface area contributed by atoms with Crippen molar-refractivity contribution in [3.05, 3.63) is 18.2 Å². The summed E-state index contributed by atoms with van der Waals surface area (Å²) in [6.45, 7) is 5.40. The first-order valence-corrected chi connectivity index (χ1v) is 5.44. The lowest BCUT2D eigenvalue weighted by Crippen LogP contribution is -2.15. The standard InChI is InChI=1S/C11H19N3/c1-8(10-3-4-10)6-14-7-13-5-11(14)9(2)12/h5,7-10H,3-4,6,12H2,1-2H3/t8?,9-/m0/s1. The third-order valence-corrected chi connectivity index (χ3v) is 3.12. The molecule has 1 aliphatic carbocycles. The molecular weight excluding hydrogens is 174 g/mol. The van der Waals surface area contributed by atoms with Crippen LogP contribution in [-0.2, 0) is 6.54 Å². The topological polar surface area (TPSA) is 43.8 Å². The first kappa shape index (κ1) is 9.71. The summed E-state index contributed by atoms with van der Waals surface area (Å²) in [4.78, 5) is 4.16. The predicted octanol–water partition coefficient (Wildman–Crippen LogP) is 1.95. The van der Waals surface area contributed by atoms with Crippen molar-refractivity contribution in [1.82, 2.24) is 9.55 Å². The van der Waals surface area contributed by atoms with E-state index in [2.05, 4.69) is 16.5 Å². The van der Waals surface area contributed by atoms with Gasteiger partial charge in [-0.1, -0.05) is 6.92 Å². The Hall–Kier alpha value is -0.830. The van der Waals surface area contributed by atoms with Crippen molar-refractivity contribution < 1.29 is 0 Å². The van der Waals surface area contributed by atoms with Gasteiger partial charge in [0.2, 0.25) is 0 Å². The lowest BCUT2D eigenvalue weighted by molar-refractivity contribution is 0.419. The van der Waals surface area contributed by atoms with E-state index in [9.17, 15) is 0 Å². The van der Waals surface area contributed by atoms with Crippen LogP contribution in [0.4, 0.5) is 0 Å². The Kier molecular flexibility index (Phi) is 2.59. The smallest absolute Gasteiger partial charge is 0.0948 e. The molecule has 2 N–H and O–H groups in total. The van der Waals surface area contributed by atoms with E-state index in [1.165, 1.54) is 12.8 Å². The molecule has 0 amide bonds. The van der Waals surface area contributed by atoms with E-state index in [-0.39, 0.29) is 6.04 Å². The molecule has 1 aromatic rings. The highest BCUT2D eigenvalue weighted by atomic mass is 15.1. The molecule has 3 nitrogen and oxygen atoms in total. The van der Waals surface area contributed by atoms with Gasteiger partial charge in [0.1, 0.15) is 0 Å². The Morgan fingerprint density at radius 2 is 2.29 bits per heavy atom. The van der Waals surface area contributed by atoms with Crippen molar-refractivity contribution in [3.8, 4) is 0 Å². The largest absolute Gasteiger partial charge is 0.333 e. The van der Waals surface area contributed by atoms with Crippen LogP contribution in [0, 0.1) is 11.8 Å². The van der Waals surface area contributed by atoms with Gasteiger partial charge in [0.05, 0.1) is 12.0 Å². The molecule has 1 saturated carbocycles. The van der Waals surface area contributed by atoms with Gasteiger partial charge < -0.3 is 10.3 Å². The Labute approximate surface area is 85.3 Å². The Morgan fingerprint density at radius 3 is 2.86 bits per heavy atom. The zero-order valence-electron chi connectivity index (χ0n) is 8.98. The normalized spacial score (nSPS) is 20.8. The molecular formula is C11H19N3. The minimum absolute atomic E-state index is 0.0869. The van der Waals surface area contributed by atoms with Crippen LogP contribution in [0.5, 0.6) is 0 Å². The van der Waals surface area contributed by atoms with E-state index >= 15 is 0 Å². The summed E-state index contributed by atoms with van der Waals surface area (Å²) >= 11 is 0. The van der Waals surface area contributed by atoms with Crippen molar-refractivity contribution in [2.45, 2.75) is 39.3 Å². The number of nitrogens with two attached hydrogens (primary N) is 1. The fourth-order valence-electron chi connectivity index (χ4n) is 1.99. The molecule has 1 aliphatic rings. The molecule has 78 valence electrons. The van der Waals surface area contributed by atoms with Crippen molar-refractivity contribution in [2.24, 2.45) is 17.6 Å². The van der Waals surface area contributed by atoms with E-state index in [1.807, 2.05) is 19.4 Å². The zero-order chi connectivity index (χ0) is 10.1. The van der Waals surface area contributed by atoms with E-state index in [0.29, 0.717) is 0 Å². The molecule has 0 bridgehead atoms. The van der Waals surface area contributed by atoms with Crippen LogP contribution in [0.1, 0.15) is 38.4 Å². The Bertz CT molecular complexity index is 299. The molecule has 0 spiro atoms. The summed E-state index contributed by atoms with van der Waals surface area (Å²) in [7, 11) is 0. The molecule has 0 radical (unpaired) electrons.